The van der Waals surface area contributed by atoms with Gasteiger partial charge in [0, 0.05) is 12.0 Å². The van der Waals surface area contributed by atoms with E-state index in [1.54, 1.807) is 24.2 Å². The summed E-state index contributed by atoms with van der Waals surface area (Å²) in [6, 6.07) is 8.77. The van der Waals surface area contributed by atoms with Gasteiger partial charge in [-0.25, -0.2) is 19.7 Å². The molecule has 2 heterocycles. The Hall–Kier alpha value is -2.76. The highest BCUT2D eigenvalue weighted by Crippen LogP contribution is 2.27. The van der Waals surface area contributed by atoms with Crippen LogP contribution in [0.25, 0.3) is 0 Å². The van der Waals surface area contributed by atoms with Crippen molar-refractivity contribution in [3.05, 3.63) is 54.1 Å². The zero-order valence-electron chi connectivity index (χ0n) is 14.9. The average molecular weight is 338 g/mol. The molecule has 1 fully saturated rings. The summed E-state index contributed by atoms with van der Waals surface area (Å²) in [5.41, 5.74) is 1.20. The number of anilines is 1. The van der Waals surface area contributed by atoms with Gasteiger partial charge >= 0.3 is 6.03 Å². The number of carbonyl (C=O) groups excluding carboxylic acids is 2. The van der Waals surface area contributed by atoms with E-state index in [9.17, 15) is 9.59 Å². The second-order valence-corrected chi connectivity index (χ2v) is 7.26. The zero-order chi connectivity index (χ0) is 18.2. The Morgan fingerprint density at radius 3 is 2.20 bits per heavy atom. The summed E-state index contributed by atoms with van der Waals surface area (Å²) in [5, 5.41) is 0. The number of amides is 3. The van der Waals surface area contributed by atoms with Gasteiger partial charge in [-0.2, -0.15) is 0 Å². The van der Waals surface area contributed by atoms with Crippen molar-refractivity contribution in [3.8, 4) is 0 Å². The zero-order valence-corrected chi connectivity index (χ0v) is 14.9. The lowest BCUT2D eigenvalue weighted by molar-refractivity contribution is -0.119. The van der Waals surface area contributed by atoms with Crippen molar-refractivity contribution in [3.63, 3.8) is 0 Å². The van der Waals surface area contributed by atoms with Crippen LogP contribution in [0.4, 0.5) is 10.5 Å². The van der Waals surface area contributed by atoms with Gasteiger partial charge in [-0.3, -0.25) is 4.79 Å². The van der Waals surface area contributed by atoms with Crippen molar-refractivity contribution in [2.24, 2.45) is 0 Å². The van der Waals surface area contributed by atoms with E-state index in [1.807, 2.05) is 51.1 Å². The van der Waals surface area contributed by atoms with E-state index in [1.165, 1.54) is 4.90 Å². The molecule has 1 saturated heterocycles. The van der Waals surface area contributed by atoms with Crippen LogP contribution >= 0.6 is 0 Å². The molecule has 3 amide bonds. The third kappa shape index (κ3) is 3.24. The van der Waals surface area contributed by atoms with Crippen LogP contribution in [-0.2, 0) is 16.8 Å². The highest BCUT2D eigenvalue weighted by atomic mass is 16.2. The number of hydrogen-bond acceptors (Lipinski definition) is 4. The smallest absolute Gasteiger partial charge is 0.308 e. The van der Waals surface area contributed by atoms with Crippen LogP contribution in [-0.4, -0.2) is 32.8 Å². The number of urea groups is 1. The van der Waals surface area contributed by atoms with Gasteiger partial charge in [0.25, 0.3) is 5.91 Å². The Labute approximate surface area is 147 Å². The third-order valence-corrected chi connectivity index (χ3v) is 4.25. The molecule has 1 aliphatic rings. The van der Waals surface area contributed by atoms with Crippen LogP contribution in [0.1, 0.15) is 39.1 Å². The van der Waals surface area contributed by atoms with E-state index in [4.69, 9.17) is 0 Å². The van der Waals surface area contributed by atoms with Gasteiger partial charge in [-0.05, 0) is 12.5 Å². The predicted octanol–water partition coefficient (Wildman–Crippen LogP) is 3.13. The number of hydrogen-bond donors (Lipinski definition) is 0. The van der Waals surface area contributed by atoms with Crippen molar-refractivity contribution in [1.82, 2.24) is 14.9 Å². The fraction of sp³-hybridized carbons (Fsp3) is 0.368. The van der Waals surface area contributed by atoms with Crippen LogP contribution in [0.5, 0.6) is 0 Å². The van der Waals surface area contributed by atoms with Gasteiger partial charge in [0.15, 0.2) is 0 Å². The van der Waals surface area contributed by atoms with E-state index in [-0.39, 0.29) is 17.4 Å². The SMILES string of the molecule is C[C@@H]1C(=O)N(c2cnc(C(C)(C)C)nc2)C(=O)N1Cc1ccccc1. The van der Waals surface area contributed by atoms with Crippen molar-refractivity contribution >= 4 is 17.6 Å². The summed E-state index contributed by atoms with van der Waals surface area (Å²) in [6.45, 7) is 8.17. The number of imide groups is 1. The molecular weight excluding hydrogens is 316 g/mol. The maximum atomic E-state index is 12.8. The van der Waals surface area contributed by atoms with Crippen molar-refractivity contribution in [2.75, 3.05) is 4.90 Å². The predicted molar refractivity (Wildman–Crippen MR) is 95.1 cm³/mol. The molecule has 25 heavy (non-hydrogen) atoms. The molecule has 3 rings (SSSR count). The molecule has 1 aromatic carbocycles. The van der Waals surface area contributed by atoms with Gasteiger partial charge in [0.2, 0.25) is 0 Å². The number of aromatic nitrogens is 2. The van der Waals surface area contributed by atoms with E-state index in [2.05, 4.69) is 9.97 Å². The van der Waals surface area contributed by atoms with Crippen molar-refractivity contribution < 1.29 is 9.59 Å². The Bertz CT molecular complexity index is 781. The lowest BCUT2D eigenvalue weighted by Gasteiger charge is -2.20. The molecule has 2 aromatic rings. The molecular formula is C19H22N4O2. The van der Waals surface area contributed by atoms with E-state index in [0.717, 1.165) is 5.56 Å². The van der Waals surface area contributed by atoms with Gasteiger partial charge in [0.1, 0.15) is 11.9 Å². The number of rotatable bonds is 3. The topological polar surface area (TPSA) is 66.4 Å². The largest absolute Gasteiger partial charge is 0.332 e. The summed E-state index contributed by atoms with van der Waals surface area (Å²) in [5.74, 6) is 0.414. The highest BCUT2D eigenvalue weighted by molar-refractivity contribution is 6.21. The Morgan fingerprint density at radius 1 is 1.04 bits per heavy atom. The molecule has 0 saturated carbocycles. The minimum atomic E-state index is -0.519. The van der Waals surface area contributed by atoms with Crippen molar-refractivity contribution in [1.29, 1.82) is 0 Å². The second kappa shape index (κ2) is 6.27. The molecule has 1 aliphatic heterocycles. The van der Waals surface area contributed by atoms with Gasteiger partial charge in [0.05, 0.1) is 18.1 Å². The number of nitrogens with zero attached hydrogens (tertiary/aromatic N) is 4. The second-order valence-electron chi connectivity index (χ2n) is 7.26. The minimum absolute atomic E-state index is 0.190. The van der Waals surface area contributed by atoms with Crippen LogP contribution < -0.4 is 4.90 Å². The first-order chi connectivity index (χ1) is 11.8. The lowest BCUT2D eigenvalue weighted by atomic mass is 9.96. The quantitative estimate of drug-likeness (QED) is 0.807. The number of carbonyl (C=O) groups is 2. The lowest BCUT2D eigenvalue weighted by Crippen LogP contribution is -2.33. The van der Waals surface area contributed by atoms with E-state index < -0.39 is 6.04 Å². The number of benzene rings is 1. The molecule has 0 spiro atoms. The fourth-order valence-electron chi connectivity index (χ4n) is 2.75. The fourth-order valence-corrected chi connectivity index (χ4v) is 2.75. The molecule has 0 aliphatic carbocycles. The molecule has 6 nitrogen and oxygen atoms in total. The summed E-state index contributed by atoms with van der Waals surface area (Å²) >= 11 is 0. The first kappa shape index (κ1) is 17.1. The Morgan fingerprint density at radius 2 is 1.64 bits per heavy atom. The third-order valence-electron chi connectivity index (χ3n) is 4.25. The normalized spacial score (nSPS) is 18.2. The average Bonchev–Trinajstić information content (AvgIpc) is 2.79. The molecule has 0 unspecified atom stereocenters. The van der Waals surface area contributed by atoms with Crippen LogP contribution in [0.3, 0.4) is 0 Å². The summed E-state index contributed by atoms with van der Waals surface area (Å²) in [7, 11) is 0. The van der Waals surface area contributed by atoms with Gasteiger partial charge < -0.3 is 4.90 Å². The van der Waals surface area contributed by atoms with Crippen LogP contribution in [0, 0.1) is 0 Å². The molecule has 0 N–H and O–H groups in total. The Balaban J connectivity index is 1.85. The summed E-state index contributed by atoms with van der Waals surface area (Å²) in [6.07, 6.45) is 3.09. The van der Waals surface area contributed by atoms with E-state index in [0.29, 0.717) is 18.1 Å². The highest BCUT2D eigenvalue weighted by Gasteiger charge is 2.43. The van der Waals surface area contributed by atoms with Crippen molar-refractivity contribution in [2.45, 2.75) is 45.7 Å². The molecule has 0 radical (unpaired) electrons. The first-order valence-electron chi connectivity index (χ1n) is 8.30. The maximum Gasteiger partial charge on any atom is 0.332 e. The summed E-state index contributed by atoms with van der Waals surface area (Å²) < 4.78 is 0. The summed E-state index contributed by atoms with van der Waals surface area (Å²) in [4.78, 5) is 36.8. The molecule has 6 heteroatoms. The van der Waals surface area contributed by atoms with E-state index >= 15 is 0 Å². The first-order valence-corrected chi connectivity index (χ1v) is 8.30. The molecule has 1 atom stereocenters. The molecule has 1 aromatic heterocycles. The minimum Gasteiger partial charge on any atom is -0.308 e. The standard InChI is InChI=1S/C19H22N4O2/c1-13-16(24)23(15-10-20-17(21-11-15)19(2,3)4)18(25)22(13)12-14-8-6-5-7-9-14/h5-11,13H,12H2,1-4H3/t13-/m1/s1. The Kier molecular flexibility index (Phi) is 4.29. The maximum absolute atomic E-state index is 12.8. The van der Waals surface area contributed by atoms with Crippen LogP contribution in [0.2, 0.25) is 0 Å². The van der Waals surface area contributed by atoms with Gasteiger partial charge in [-0.15, -0.1) is 0 Å². The van der Waals surface area contributed by atoms with Gasteiger partial charge in [-0.1, -0.05) is 51.1 Å². The molecule has 0 bridgehead atoms. The monoisotopic (exact) mass is 338 g/mol. The van der Waals surface area contributed by atoms with Crippen LogP contribution in [0.15, 0.2) is 42.7 Å². The molecule has 130 valence electrons.